The van der Waals surface area contributed by atoms with Crippen molar-refractivity contribution in [1.29, 1.82) is 0 Å². The van der Waals surface area contributed by atoms with Gasteiger partial charge in [-0.25, -0.2) is 0 Å². The molecule has 1 aliphatic heterocycles. The van der Waals surface area contributed by atoms with E-state index < -0.39 is 5.97 Å². The number of morpholine rings is 1. The lowest BCUT2D eigenvalue weighted by Gasteiger charge is -2.49. The SMILES string of the molecule is CC1(C)CN(C2CCCC2C(=O)O)CC(C)(C)O1. The summed E-state index contributed by atoms with van der Waals surface area (Å²) in [7, 11) is 0. The molecule has 1 saturated heterocycles. The number of hydrogen-bond donors (Lipinski definition) is 1. The van der Waals surface area contributed by atoms with Gasteiger partial charge in [-0.15, -0.1) is 0 Å². The number of carbonyl (C=O) groups is 1. The topological polar surface area (TPSA) is 49.8 Å². The van der Waals surface area contributed by atoms with E-state index in [0.717, 1.165) is 32.4 Å². The zero-order valence-corrected chi connectivity index (χ0v) is 11.9. The van der Waals surface area contributed by atoms with Crippen LogP contribution in [0.25, 0.3) is 0 Å². The van der Waals surface area contributed by atoms with E-state index in [4.69, 9.17) is 4.74 Å². The smallest absolute Gasteiger partial charge is 0.308 e. The molecule has 1 saturated carbocycles. The standard InChI is InChI=1S/C14H25NO3/c1-13(2)8-15(9-14(3,4)18-13)11-7-5-6-10(11)12(16)17/h10-11H,5-9H2,1-4H3,(H,16,17). The van der Waals surface area contributed by atoms with Gasteiger partial charge < -0.3 is 9.84 Å². The summed E-state index contributed by atoms with van der Waals surface area (Å²) in [5.74, 6) is -0.839. The quantitative estimate of drug-likeness (QED) is 0.821. The van der Waals surface area contributed by atoms with Gasteiger partial charge in [-0.1, -0.05) is 6.42 Å². The molecule has 0 spiro atoms. The highest BCUT2D eigenvalue weighted by Gasteiger charge is 2.45. The zero-order chi connectivity index (χ0) is 13.6. The second-order valence-electron chi connectivity index (χ2n) is 6.97. The van der Waals surface area contributed by atoms with E-state index in [0.29, 0.717) is 0 Å². The Morgan fingerprint density at radius 1 is 1.17 bits per heavy atom. The zero-order valence-electron chi connectivity index (χ0n) is 11.9. The molecule has 2 unspecified atom stereocenters. The van der Waals surface area contributed by atoms with Crippen LogP contribution in [0, 0.1) is 5.92 Å². The van der Waals surface area contributed by atoms with Crippen LogP contribution in [-0.4, -0.2) is 46.3 Å². The van der Waals surface area contributed by atoms with E-state index in [9.17, 15) is 9.90 Å². The minimum absolute atomic E-state index is 0.185. The Morgan fingerprint density at radius 2 is 1.72 bits per heavy atom. The molecule has 1 N–H and O–H groups in total. The van der Waals surface area contributed by atoms with Crippen LogP contribution in [0.2, 0.25) is 0 Å². The van der Waals surface area contributed by atoms with Crippen molar-refractivity contribution >= 4 is 5.97 Å². The number of rotatable bonds is 2. The molecule has 0 aromatic heterocycles. The van der Waals surface area contributed by atoms with Crippen LogP contribution < -0.4 is 0 Å². The first kappa shape index (κ1) is 13.8. The van der Waals surface area contributed by atoms with Gasteiger partial charge >= 0.3 is 5.97 Å². The molecule has 2 fully saturated rings. The van der Waals surface area contributed by atoms with Crippen LogP contribution in [0.15, 0.2) is 0 Å². The summed E-state index contributed by atoms with van der Waals surface area (Å²) in [5.41, 5.74) is -0.402. The molecule has 0 aromatic rings. The molecule has 2 rings (SSSR count). The molecule has 1 heterocycles. The van der Waals surface area contributed by atoms with Crippen molar-refractivity contribution in [2.75, 3.05) is 13.1 Å². The second kappa shape index (κ2) is 4.49. The molecule has 0 bridgehead atoms. The first-order chi connectivity index (χ1) is 8.20. The lowest BCUT2D eigenvalue weighted by Crippen LogP contribution is -2.60. The van der Waals surface area contributed by atoms with Crippen LogP contribution in [-0.2, 0) is 9.53 Å². The van der Waals surface area contributed by atoms with Crippen molar-refractivity contribution in [3.8, 4) is 0 Å². The maximum atomic E-state index is 11.3. The van der Waals surface area contributed by atoms with Gasteiger partial charge in [0.25, 0.3) is 0 Å². The summed E-state index contributed by atoms with van der Waals surface area (Å²) >= 11 is 0. The fourth-order valence-corrected chi connectivity index (χ4v) is 3.75. The summed E-state index contributed by atoms with van der Waals surface area (Å²) in [6.45, 7) is 10.0. The number of ether oxygens (including phenoxy) is 1. The van der Waals surface area contributed by atoms with Crippen molar-refractivity contribution in [3.05, 3.63) is 0 Å². The van der Waals surface area contributed by atoms with Gasteiger partial charge in [0, 0.05) is 19.1 Å². The van der Waals surface area contributed by atoms with E-state index in [1.165, 1.54) is 0 Å². The monoisotopic (exact) mass is 255 g/mol. The Labute approximate surface area is 109 Å². The second-order valence-corrected chi connectivity index (χ2v) is 6.97. The highest BCUT2D eigenvalue weighted by Crippen LogP contribution is 2.36. The van der Waals surface area contributed by atoms with Crippen LogP contribution in [0.5, 0.6) is 0 Å². The van der Waals surface area contributed by atoms with Gasteiger partial charge in [0.05, 0.1) is 17.1 Å². The lowest BCUT2D eigenvalue weighted by molar-refractivity contribution is -0.191. The molecule has 4 heteroatoms. The lowest BCUT2D eigenvalue weighted by atomic mass is 9.94. The molecule has 0 amide bonds. The molecule has 0 radical (unpaired) electrons. The third kappa shape index (κ3) is 2.86. The van der Waals surface area contributed by atoms with Crippen molar-refractivity contribution in [2.45, 2.75) is 64.2 Å². The van der Waals surface area contributed by atoms with E-state index >= 15 is 0 Å². The highest BCUT2D eigenvalue weighted by molar-refractivity contribution is 5.71. The van der Waals surface area contributed by atoms with E-state index in [1.54, 1.807) is 0 Å². The van der Waals surface area contributed by atoms with Gasteiger partial charge in [0.2, 0.25) is 0 Å². The molecular formula is C14H25NO3. The van der Waals surface area contributed by atoms with Gasteiger partial charge in [0.1, 0.15) is 0 Å². The maximum absolute atomic E-state index is 11.3. The minimum atomic E-state index is -0.639. The van der Waals surface area contributed by atoms with Crippen molar-refractivity contribution in [3.63, 3.8) is 0 Å². The van der Waals surface area contributed by atoms with Gasteiger partial charge in [-0.3, -0.25) is 9.69 Å². The van der Waals surface area contributed by atoms with Crippen LogP contribution >= 0.6 is 0 Å². The van der Waals surface area contributed by atoms with E-state index in [2.05, 4.69) is 32.6 Å². The Kier molecular flexibility index (Phi) is 3.45. The van der Waals surface area contributed by atoms with Crippen molar-refractivity contribution < 1.29 is 14.6 Å². The van der Waals surface area contributed by atoms with Gasteiger partial charge in [-0.2, -0.15) is 0 Å². The summed E-state index contributed by atoms with van der Waals surface area (Å²) in [4.78, 5) is 13.7. The van der Waals surface area contributed by atoms with Gasteiger partial charge in [-0.05, 0) is 40.5 Å². The Balaban J connectivity index is 2.15. The van der Waals surface area contributed by atoms with Crippen LogP contribution in [0.4, 0.5) is 0 Å². The average Bonchev–Trinajstić information content (AvgIpc) is 2.59. The predicted octanol–water partition coefficient (Wildman–Crippen LogP) is 2.13. The van der Waals surface area contributed by atoms with Crippen molar-refractivity contribution in [1.82, 2.24) is 4.90 Å². The number of hydrogen-bond acceptors (Lipinski definition) is 3. The molecule has 18 heavy (non-hydrogen) atoms. The average molecular weight is 255 g/mol. The molecule has 2 aliphatic rings. The fourth-order valence-electron chi connectivity index (χ4n) is 3.75. The molecule has 1 aliphatic carbocycles. The molecule has 2 atom stereocenters. The largest absolute Gasteiger partial charge is 0.481 e. The summed E-state index contributed by atoms with van der Waals surface area (Å²) in [6.07, 6.45) is 2.85. The van der Waals surface area contributed by atoms with E-state index in [1.807, 2.05) is 0 Å². The first-order valence-electron chi connectivity index (χ1n) is 6.87. The van der Waals surface area contributed by atoms with Crippen LogP contribution in [0.1, 0.15) is 47.0 Å². The third-order valence-corrected chi connectivity index (χ3v) is 3.99. The minimum Gasteiger partial charge on any atom is -0.481 e. The molecule has 104 valence electrons. The first-order valence-corrected chi connectivity index (χ1v) is 6.87. The summed E-state index contributed by atoms with van der Waals surface area (Å²) in [6, 6.07) is 0.185. The number of nitrogens with zero attached hydrogens (tertiary/aromatic N) is 1. The number of aliphatic carboxylic acids is 1. The summed E-state index contributed by atoms with van der Waals surface area (Å²) < 4.78 is 6.06. The third-order valence-electron chi connectivity index (χ3n) is 3.99. The molecule has 4 nitrogen and oxygen atoms in total. The summed E-state index contributed by atoms with van der Waals surface area (Å²) in [5, 5.41) is 9.32. The normalized spacial score (nSPS) is 35.6. The van der Waals surface area contributed by atoms with Gasteiger partial charge in [0.15, 0.2) is 0 Å². The van der Waals surface area contributed by atoms with Crippen molar-refractivity contribution in [2.24, 2.45) is 5.92 Å². The Hall–Kier alpha value is -0.610. The molecule has 0 aromatic carbocycles. The van der Waals surface area contributed by atoms with E-state index in [-0.39, 0.29) is 23.2 Å². The predicted molar refractivity (Wildman–Crippen MR) is 69.6 cm³/mol. The Morgan fingerprint density at radius 3 is 2.22 bits per heavy atom. The fraction of sp³-hybridized carbons (Fsp3) is 0.929. The number of carboxylic acids is 1. The molecular weight excluding hydrogens is 230 g/mol. The van der Waals surface area contributed by atoms with Crippen LogP contribution in [0.3, 0.4) is 0 Å². The Bertz CT molecular complexity index is 322. The number of carboxylic acid groups (broad SMARTS) is 1. The highest BCUT2D eigenvalue weighted by atomic mass is 16.5. The maximum Gasteiger partial charge on any atom is 0.308 e.